The van der Waals surface area contributed by atoms with Gasteiger partial charge in [-0.1, -0.05) is 19.8 Å². The van der Waals surface area contributed by atoms with E-state index < -0.39 is 0 Å². The van der Waals surface area contributed by atoms with Crippen molar-refractivity contribution in [2.75, 3.05) is 26.3 Å². The van der Waals surface area contributed by atoms with Gasteiger partial charge in [0.1, 0.15) is 0 Å². The Morgan fingerprint density at radius 1 is 1.06 bits per heavy atom. The number of hydrogen-bond acceptors (Lipinski definition) is 2. The molecule has 94 valence electrons. The molecular formula is C14H27NO. The van der Waals surface area contributed by atoms with E-state index in [-0.39, 0.29) is 0 Å². The van der Waals surface area contributed by atoms with Gasteiger partial charge in [0, 0.05) is 13.2 Å². The van der Waals surface area contributed by atoms with Crippen molar-refractivity contribution < 1.29 is 4.74 Å². The van der Waals surface area contributed by atoms with Gasteiger partial charge in [0.05, 0.1) is 0 Å². The van der Waals surface area contributed by atoms with Crippen molar-refractivity contribution in [1.29, 1.82) is 0 Å². The van der Waals surface area contributed by atoms with Crippen LogP contribution < -0.4 is 5.32 Å². The van der Waals surface area contributed by atoms with Crippen LogP contribution in [0, 0.1) is 17.8 Å². The van der Waals surface area contributed by atoms with E-state index >= 15 is 0 Å². The highest BCUT2D eigenvalue weighted by atomic mass is 16.5. The van der Waals surface area contributed by atoms with Crippen LogP contribution in [0.3, 0.4) is 0 Å². The molecule has 0 spiro atoms. The lowest BCUT2D eigenvalue weighted by atomic mass is 9.83. The van der Waals surface area contributed by atoms with Crippen molar-refractivity contribution >= 4 is 0 Å². The zero-order valence-electron chi connectivity index (χ0n) is 10.7. The summed E-state index contributed by atoms with van der Waals surface area (Å²) in [6.07, 6.45) is 8.49. The summed E-state index contributed by atoms with van der Waals surface area (Å²) in [5.74, 6) is 2.92. The van der Waals surface area contributed by atoms with E-state index in [0.717, 1.165) is 37.5 Å². The van der Waals surface area contributed by atoms with E-state index in [1.165, 1.54) is 45.1 Å². The maximum Gasteiger partial charge on any atom is 0.0468 e. The number of ether oxygens (including phenoxy) is 1. The van der Waals surface area contributed by atoms with E-state index in [9.17, 15) is 0 Å². The molecule has 16 heavy (non-hydrogen) atoms. The third-order valence-electron chi connectivity index (χ3n) is 4.45. The lowest BCUT2D eigenvalue weighted by Crippen LogP contribution is -2.27. The van der Waals surface area contributed by atoms with Gasteiger partial charge < -0.3 is 10.1 Å². The van der Waals surface area contributed by atoms with E-state index in [2.05, 4.69) is 12.2 Å². The zero-order valence-corrected chi connectivity index (χ0v) is 10.7. The third kappa shape index (κ3) is 3.46. The van der Waals surface area contributed by atoms with Gasteiger partial charge in [-0.25, -0.2) is 0 Å². The fraction of sp³-hybridized carbons (Fsp3) is 1.00. The topological polar surface area (TPSA) is 21.3 Å². The monoisotopic (exact) mass is 225 g/mol. The van der Waals surface area contributed by atoms with Gasteiger partial charge in [-0.3, -0.25) is 0 Å². The molecule has 0 aromatic carbocycles. The molecule has 0 radical (unpaired) electrons. The molecule has 1 aliphatic carbocycles. The molecule has 0 bridgehead atoms. The predicted octanol–water partition coefficient (Wildman–Crippen LogP) is 2.83. The molecule has 1 saturated carbocycles. The fourth-order valence-electron chi connectivity index (χ4n) is 3.43. The molecule has 1 heterocycles. The number of nitrogens with one attached hydrogen (secondary N) is 1. The Morgan fingerprint density at radius 2 is 1.81 bits per heavy atom. The normalized spacial score (nSPS) is 32.1. The second-order valence-corrected chi connectivity index (χ2v) is 5.55. The summed E-state index contributed by atoms with van der Waals surface area (Å²) in [6.45, 7) is 6.61. The van der Waals surface area contributed by atoms with Crippen molar-refractivity contribution in [2.45, 2.75) is 45.4 Å². The van der Waals surface area contributed by atoms with Crippen LogP contribution in [0.15, 0.2) is 0 Å². The first-order chi connectivity index (χ1) is 7.90. The van der Waals surface area contributed by atoms with E-state index in [0.29, 0.717) is 0 Å². The minimum absolute atomic E-state index is 0.959. The summed E-state index contributed by atoms with van der Waals surface area (Å²) >= 11 is 0. The summed E-state index contributed by atoms with van der Waals surface area (Å²) in [5.41, 5.74) is 0. The Kier molecular flexibility index (Phi) is 5.11. The molecule has 2 rings (SSSR count). The molecule has 2 atom stereocenters. The fourth-order valence-corrected chi connectivity index (χ4v) is 3.43. The van der Waals surface area contributed by atoms with E-state index in [4.69, 9.17) is 4.74 Å². The van der Waals surface area contributed by atoms with Crippen LogP contribution >= 0.6 is 0 Å². The minimum Gasteiger partial charge on any atom is -0.381 e. The van der Waals surface area contributed by atoms with Crippen LogP contribution in [-0.2, 0) is 4.74 Å². The highest BCUT2D eigenvalue weighted by Gasteiger charge is 2.29. The molecular weight excluding hydrogens is 198 g/mol. The van der Waals surface area contributed by atoms with Crippen LogP contribution in [0.2, 0.25) is 0 Å². The molecule has 0 aromatic heterocycles. The first kappa shape index (κ1) is 12.4. The van der Waals surface area contributed by atoms with Gasteiger partial charge in [0.25, 0.3) is 0 Å². The molecule has 0 amide bonds. The SMILES string of the molecule is CCNCC1CCCC1CC1CCOCC1. The summed E-state index contributed by atoms with van der Waals surface area (Å²) in [6, 6.07) is 0. The maximum atomic E-state index is 5.44. The highest BCUT2D eigenvalue weighted by molar-refractivity contribution is 4.81. The van der Waals surface area contributed by atoms with Crippen molar-refractivity contribution in [2.24, 2.45) is 17.8 Å². The number of hydrogen-bond donors (Lipinski definition) is 1. The van der Waals surface area contributed by atoms with E-state index in [1.54, 1.807) is 0 Å². The molecule has 1 N–H and O–H groups in total. The van der Waals surface area contributed by atoms with Crippen LogP contribution in [0.5, 0.6) is 0 Å². The van der Waals surface area contributed by atoms with Gasteiger partial charge in [-0.15, -0.1) is 0 Å². The molecule has 1 saturated heterocycles. The largest absolute Gasteiger partial charge is 0.381 e. The lowest BCUT2D eigenvalue weighted by Gasteiger charge is -2.27. The Bertz CT molecular complexity index is 189. The van der Waals surface area contributed by atoms with Crippen molar-refractivity contribution in [3.8, 4) is 0 Å². The highest BCUT2D eigenvalue weighted by Crippen LogP contribution is 2.37. The lowest BCUT2D eigenvalue weighted by molar-refractivity contribution is 0.0562. The Labute approximate surface area is 100 Å². The molecule has 1 aliphatic heterocycles. The molecule has 2 aliphatic rings. The standard InChI is InChI=1S/C14H27NO/c1-2-15-11-14-5-3-4-13(14)10-12-6-8-16-9-7-12/h12-15H,2-11H2,1H3. The first-order valence-corrected chi connectivity index (χ1v) is 7.18. The Hall–Kier alpha value is -0.0800. The molecule has 2 unspecified atom stereocenters. The van der Waals surface area contributed by atoms with Crippen molar-refractivity contribution in [3.63, 3.8) is 0 Å². The van der Waals surface area contributed by atoms with Crippen LogP contribution in [-0.4, -0.2) is 26.3 Å². The third-order valence-corrected chi connectivity index (χ3v) is 4.45. The van der Waals surface area contributed by atoms with E-state index in [1.807, 2.05) is 0 Å². The van der Waals surface area contributed by atoms with Gasteiger partial charge in [0.2, 0.25) is 0 Å². The van der Waals surface area contributed by atoms with Gasteiger partial charge >= 0.3 is 0 Å². The summed E-state index contributed by atoms with van der Waals surface area (Å²) in [7, 11) is 0. The van der Waals surface area contributed by atoms with Crippen LogP contribution in [0.4, 0.5) is 0 Å². The predicted molar refractivity (Wildman–Crippen MR) is 67.5 cm³/mol. The van der Waals surface area contributed by atoms with Gasteiger partial charge in [-0.2, -0.15) is 0 Å². The number of rotatable bonds is 5. The smallest absolute Gasteiger partial charge is 0.0468 e. The summed E-state index contributed by atoms with van der Waals surface area (Å²) in [5, 5.41) is 3.53. The second-order valence-electron chi connectivity index (χ2n) is 5.55. The quantitative estimate of drug-likeness (QED) is 0.777. The Balaban J connectivity index is 1.73. The molecule has 2 fully saturated rings. The zero-order chi connectivity index (χ0) is 11.2. The van der Waals surface area contributed by atoms with Crippen molar-refractivity contribution in [3.05, 3.63) is 0 Å². The Morgan fingerprint density at radius 3 is 2.56 bits per heavy atom. The average Bonchev–Trinajstić information content (AvgIpc) is 2.75. The van der Waals surface area contributed by atoms with Crippen LogP contribution in [0.1, 0.15) is 45.4 Å². The second kappa shape index (κ2) is 6.61. The van der Waals surface area contributed by atoms with Gasteiger partial charge in [-0.05, 0) is 56.5 Å². The summed E-state index contributed by atoms with van der Waals surface area (Å²) < 4.78 is 5.44. The molecule has 0 aromatic rings. The summed E-state index contributed by atoms with van der Waals surface area (Å²) in [4.78, 5) is 0. The minimum atomic E-state index is 0.959. The maximum absolute atomic E-state index is 5.44. The van der Waals surface area contributed by atoms with Crippen LogP contribution in [0.25, 0.3) is 0 Å². The molecule has 2 heteroatoms. The van der Waals surface area contributed by atoms with Gasteiger partial charge in [0.15, 0.2) is 0 Å². The first-order valence-electron chi connectivity index (χ1n) is 7.18. The molecule has 2 nitrogen and oxygen atoms in total. The van der Waals surface area contributed by atoms with Crippen molar-refractivity contribution in [1.82, 2.24) is 5.32 Å². The average molecular weight is 225 g/mol.